The minimum atomic E-state index is -0.610. The molecule has 0 bridgehead atoms. The van der Waals surface area contributed by atoms with E-state index >= 15 is 0 Å². The number of hydrogen-bond acceptors (Lipinski definition) is 2. The van der Waals surface area contributed by atoms with Gasteiger partial charge in [0.2, 0.25) is 0 Å². The maximum atomic E-state index is 10.9. The average molecular weight is 197 g/mol. The Morgan fingerprint density at radius 1 is 1.36 bits per heavy atom. The van der Waals surface area contributed by atoms with Gasteiger partial charge in [-0.3, -0.25) is 4.79 Å². The molecule has 1 aliphatic heterocycles. The van der Waals surface area contributed by atoms with E-state index in [1.807, 2.05) is 0 Å². The Bertz CT molecular complexity index is 229. The second kappa shape index (κ2) is 3.89. The maximum Gasteiger partial charge on any atom is 0.307 e. The molecule has 1 heterocycles. The van der Waals surface area contributed by atoms with Crippen molar-refractivity contribution in [1.29, 1.82) is 0 Å². The second-order valence-corrected chi connectivity index (χ2v) is 4.82. The molecule has 80 valence electrons. The number of carboxylic acids is 1. The number of carboxylic acid groups (broad SMARTS) is 1. The summed E-state index contributed by atoms with van der Waals surface area (Å²) in [4.78, 5) is 13.2. The van der Waals surface area contributed by atoms with Crippen LogP contribution in [-0.4, -0.2) is 35.6 Å². The molecule has 3 nitrogen and oxygen atoms in total. The van der Waals surface area contributed by atoms with Crippen LogP contribution >= 0.6 is 0 Å². The molecule has 1 N–H and O–H groups in total. The van der Waals surface area contributed by atoms with Gasteiger partial charge < -0.3 is 10.0 Å². The van der Waals surface area contributed by atoms with Gasteiger partial charge in [0.05, 0.1) is 5.92 Å². The Labute approximate surface area is 85.1 Å². The summed E-state index contributed by atoms with van der Waals surface area (Å²) in [5.74, 6) is -0.0937. The number of nitrogens with zero attached hydrogens (tertiary/aromatic N) is 1. The van der Waals surface area contributed by atoms with Gasteiger partial charge in [-0.25, -0.2) is 0 Å². The lowest BCUT2D eigenvalue weighted by Gasteiger charge is -2.44. The summed E-state index contributed by atoms with van der Waals surface area (Å²) in [7, 11) is 2.08. The van der Waals surface area contributed by atoms with Crippen LogP contribution in [0.15, 0.2) is 0 Å². The highest BCUT2D eigenvalue weighted by molar-refractivity contribution is 5.70. The number of fused-ring (bicyclic) bond motifs is 1. The minimum Gasteiger partial charge on any atom is -0.481 e. The van der Waals surface area contributed by atoms with E-state index < -0.39 is 5.97 Å². The molecular weight excluding hydrogens is 178 g/mol. The lowest BCUT2D eigenvalue weighted by Crippen LogP contribution is -2.49. The summed E-state index contributed by atoms with van der Waals surface area (Å²) in [6, 6.07) is 0.666. The van der Waals surface area contributed by atoms with E-state index in [0.29, 0.717) is 12.0 Å². The van der Waals surface area contributed by atoms with Gasteiger partial charge in [-0.2, -0.15) is 0 Å². The quantitative estimate of drug-likeness (QED) is 0.694. The van der Waals surface area contributed by atoms with Crippen LogP contribution in [0.3, 0.4) is 0 Å². The maximum absolute atomic E-state index is 10.9. The summed E-state index contributed by atoms with van der Waals surface area (Å²) in [5.41, 5.74) is 0. The molecule has 14 heavy (non-hydrogen) atoms. The number of carbonyl (C=O) groups is 1. The molecule has 1 saturated heterocycles. The topological polar surface area (TPSA) is 40.5 Å². The summed E-state index contributed by atoms with van der Waals surface area (Å²) in [6.45, 7) is 0.747. The van der Waals surface area contributed by atoms with Crippen LogP contribution in [-0.2, 0) is 4.79 Å². The molecule has 2 aliphatic rings. The highest BCUT2D eigenvalue weighted by atomic mass is 16.4. The van der Waals surface area contributed by atoms with E-state index in [9.17, 15) is 4.79 Å². The number of hydrogen-bond donors (Lipinski definition) is 1. The van der Waals surface area contributed by atoms with Gasteiger partial charge in [-0.15, -0.1) is 0 Å². The molecule has 1 aliphatic carbocycles. The summed E-state index contributed by atoms with van der Waals surface area (Å²) >= 11 is 0. The van der Waals surface area contributed by atoms with Crippen molar-refractivity contribution in [2.75, 3.05) is 13.6 Å². The first-order valence-corrected chi connectivity index (χ1v) is 5.61. The number of likely N-dealkylation sites (tertiary alicyclic amines) is 1. The molecule has 0 amide bonds. The first kappa shape index (κ1) is 9.97. The van der Waals surface area contributed by atoms with Crippen molar-refractivity contribution in [1.82, 2.24) is 4.90 Å². The van der Waals surface area contributed by atoms with Crippen LogP contribution in [0.2, 0.25) is 0 Å². The average Bonchev–Trinajstić information content (AvgIpc) is 2.17. The lowest BCUT2D eigenvalue weighted by molar-refractivity contribution is -0.145. The molecule has 0 spiro atoms. The fourth-order valence-electron chi connectivity index (χ4n) is 3.15. The van der Waals surface area contributed by atoms with E-state index in [0.717, 1.165) is 13.0 Å². The largest absolute Gasteiger partial charge is 0.481 e. The van der Waals surface area contributed by atoms with Crippen molar-refractivity contribution in [3.05, 3.63) is 0 Å². The van der Waals surface area contributed by atoms with Gasteiger partial charge in [0, 0.05) is 12.6 Å². The van der Waals surface area contributed by atoms with Gasteiger partial charge in [-0.05, 0) is 32.2 Å². The molecule has 0 aromatic carbocycles. The second-order valence-electron chi connectivity index (χ2n) is 4.82. The van der Waals surface area contributed by atoms with Crippen molar-refractivity contribution < 1.29 is 9.90 Å². The molecular formula is C11H19NO2. The molecule has 3 atom stereocenters. The Morgan fingerprint density at radius 2 is 2.07 bits per heavy atom. The van der Waals surface area contributed by atoms with Crippen molar-refractivity contribution in [2.45, 2.75) is 38.1 Å². The van der Waals surface area contributed by atoms with Crippen molar-refractivity contribution in [3.63, 3.8) is 0 Å². The molecule has 2 fully saturated rings. The fourth-order valence-corrected chi connectivity index (χ4v) is 3.15. The van der Waals surface area contributed by atoms with Crippen LogP contribution in [0.25, 0.3) is 0 Å². The molecule has 1 saturated carbocycles. The van der Waals surface area contributed by atoms with Crippen LogP contribution in [0, 0.1) is 11.8 Å². The third-order valence-electron chi connectivity index (χ3n) is 3.88. The predicted molar refractivity (Wildman–Crippen MR) is 54.1 cm³/mol. The van der Waals surface area contributed by atoms with Crippen LogP contribution in [0.5, 0.6) is 0 Å². The monoisotopic (exact) mass is 197 g/mol. The van der Waals surface area contributed by atoms with Crippen molar-refractivity contribution in [2.24, 2.45) is 11.8 Å². The minimum absolute atomic E-state index is 0.126. The first-order chi connectivity index (χ1) is 6.68. The van der Waals surface area contributed by atoms with Crippen molar-refractivity contribution in [3.8, 4) is 0 Å². The van der Waals surface area contributed by atoms with E-state index in [-0.39, 0.29) is 5.92 Å². The predicted octanol–water partition coefficient (Wildman–Crippen LogP) is 1.58. The Balaban J connectivity index is 2.04. The van der Waals surface area contributed by atoms with E-state index in [1.165, 1.54) is 25.7 Å². The third kappa shape index (κ3) is 1.78. The van der Waals surface area contributed by atoms with E-state index in [1.54, 1.807) is 0 Å². The summed E-state index contributed by atoms with van der Waals surface area (Å²) in [6.07, 6.45) is 6.03. The van der Waals surface area contributed by atoms with Gasteiger partial charge in [0.25, 0.3) is 0 Å². The SMILES string of the molecule is CN1CC(C(=O)O)C[C@H]2CCCCC21. The highest BCUT2D eigenvalue weighted by Crippen LogP contribution is 2.36. The van der Waals surface area contributed by atoms with Gasteiger partial charge in [0.15, 0.2) is 0 Å². The fraction of sp³-hybridized carbons (Fsp3) is 0.909. The van der Waals surface area contributed by atoms with Crippen LogP contribution in [0.1, 0.15) is 32.1 Å². The first-order valence-electron chi connectivity index (χ1n) is 5.61. The zero-order valence-electron chi connectivity index (χ0n) is 8.78. The van der Waals surface area contributed by atoms with E-state index in [4.69, 9.17) is 5.11 Å². The number of piperidine rings is 1. The normalized spacial score (nSPS) is 39.1. The van der Waals surface area contributed by atoms with Gasteiger partial charge in [-0.1, -0.05) is 12.8 Å². The highest BCUT2D eigenvalue weighted by Gasteiger charge is 2.37. The van der Waals surface area contributed by atoms with Gasteiger partial charge in [0.1, 0.15) is 0 Å². The molecule has 0 aromatic heterocycles. The zero-order valence-corrected chi connectivity index (χ0v) is 8.78. The van der Waals surface area contributed by atoms with Gasteiger partial charge >= 0.3 is 5.97 Å². The molecule has 0 radical (unpaired) electrons. The molecule has 3 heteroatoms. The number of rotatable bonds is 1. The van der Waals surface area contributed by atoms with Crippen LogP contribution in [0.4, 0.5) is 0 Å². The lowest BCUT2D eigenvalue weighted by atomic mass is 9.75. The Kier molecular flexibility index (Phi) is 2.77. The van der Waals surface area contributed by atoms with Crippen LogP contribution < -0.4 is 0 Å². The smallest absolute Gasteiger partial charge is 0.307 e. The Morgan fingerprint density at radius 3 is 2.79 bits per heavy atom. The summed E-state index contributed by atoms with van der Waals surface area (Å²) < 4.78 is 0. The third-order valence-corrected chi connectivity index (χ3v) is 3.88. The molecule has 0 aromatic rings. The van der Waals surface area contributed by atoms with Crippen molar-refractivity contribution >= 4 is 5.97 Å². The molecule has 2 unspecified atom stereocenters. The van der Waals surface area contributed by atoms with E-state index in [2.05, 4.69) is 11.9 Å². The number of aliphatic carboxylic acids is 1. The zero-order chi connectivity index (χ0) is 10.1. The standard InChI is InChI=1S/C11H19NO2/c1-12-7-9(11(13)14)6-8-4-2-3-5-10(8)12/h8-10H,2-7H2,1H3,(H,13,14)/t8-,9?,10?/m1/s1. The summed E-state index contributed by atoms with van der Waals surface area (Å²) in [5, 5.41) is 9.02. The Hall–Kier alpha value is -0.570. The molecule has 2 rings (SSSR count).